The SMILES string of the molecule is C=CC[C@@]1(C)C[C@H](c2cccc(Cl)c2)[C@@H](c2ccc(Cl)cc2)N([C@@H](C)CCO[Si](c2ccccc2)(c2ccccc2)C(C)(C)C)C1=O. The third kappa shape index (κ3) is 7.17. The van der Waals surface area contributed by atoms with Gasteiger partial charge in [-0.15, -0.1) is 6.58 Å². The molecule has 0 radical (unpaired) electrons. The second-order valence-electron chi connectivity index (χ2n) is 14.3. The van der Waals surface area contributed by atoms with Crippen LogP contribution in [0.1, 0.15) is 77.0 Å². The van der Waals surface area contributed by atoms with Gasteiger partial charge in [-0.2, -0.15) is 0 Å². The molecular formula is C41H47Cl2NO2Si. The van der Waals surface area contributed by atoms with E-state index in [1.165, 1.54) is 10.4 Å². The molecule has 0 N–H and O–H groups in total. The van der Waals surface area contributed by atoms with Gasteiger partial charge in [-0.3, -0.25) is 4.79 Å². The maximum absolute atomic E-state index is 14.7. The largest absolute Gasteiger partial charge is 0.407 e. The van der Waals surface area contributed by atoms with E-state index in [4.69, 9.17) is 27.6 Å². The van der Waals surface area contributed by atoms with E-state index in [1.54, 1.807) is 0 Å². The van der Waals surface area contributed by atoms with E-state index < -0.39 is 13.7 Å². The first kappa shape index (κ1) is 35.2. The summed E-state index contributed by atoms with van der Waals surface area (Å²) in [5, 5.41) is 3.73. The first-order valence-corrected chi connectivity index (χ1v) is 19.3. The van der Waals surface area contributed by atoms with Crippen LogP contribution in [-0.2, 0) is 9.22 Å². The van der Waals surface area contributed by atoms with Crippen LogP contribution in [0.4, 0.5) is 0 Å². The zero-order valence-corrected chi connectivity index (χ0v) is 30.8. The Morgan fingerprint density at radius 1 is 0.894 bits per heavy atom. The van der Waals surface area contributed by atoms with E-state index in [0.717, 1.165) is 11.1 Å². The highest BCUT2D eigenvalue weighted by molar-refractivity contribution is 6.99. The Balaban J connectivity index is 1.55. The highest BCUT2D eigenvalue weighted by Crippen LogP contribution is 2.52. The lowest BCUT2D eigenvalue weighted by Gasteiger charge is -2.52. The molecule has 1 fully saturated rings. The summed E-state index contributed by atoms with van der Waals surface area (Å²) in [5.74, 6) is 0.172. The number of carbonyl (C=O) groups is 1. The highest BCUT2D eigenvalue weighted by atomic mass is 35.5. The van der Waals surface area contributed by atoms with E-state index in [-0.39, 0.29) is 28.9 Å². The standard InChI is InChI=1S/C41H47Cl2NO2Si/c1-7-26-41(6)29-37(32-15-14-16-34(43)28-32)38(31-21-23-33(42)24-22-31)44(39(41)45)30(2)25-27-46-47(40(3,4)5,35-17-10-8-11-18-35)36-19-12-9-13-20-36/h7-24,28,30,37-38H,1,25-27,29H2,2-6H3/t30-,37+,38+,41-/m0/s1. The number of hydrogen-bond acceptors (Lipinski definition) is 2. The molecule has 0 unspecified atom stereocenters. The van der Waals surface area contributed by atoms with Crippen LogP contribution in [0.25, 0.3) is 0 Å². The maximum Gasteiger partial charge on any atom is 0.261 e. The topological polar surface area (TPSA) is 29.5 Å². The summed E-state index contributed by atoms with van der Waals surface area (Å²) in [6.07, 6.45) is 3.85. The number of amides is 1. The summed E-state index contributed by atoms with van der Waals surface area (Å²) in [5.41, 5.74) is 1.58. The number of hydrogen-bond donors (Lipinski definition) is 0. The fourth-order valence-corrected chi connectivity index (χ4v) is 12.6. The van der Waals surface area contributed by atoms with Crippen LogP contribution in [0, 0.1) is 5.41 Å². The van der Waals surface area contributed by atoms with Crippen molar-refractivity contribution in [2.75, 3.05) is 6.61 Å². The van der Waals surface area contributed by atoms with Crippen LogP contribution in [0.15, 0.2) is 122 Å². The molecule has 3 nitrogen and oxygen atoms in total. The average Bonchev–Trinajstić information content (AvgIpc) is 3.05. The Bertz CT molecular complexity index is 1620. The van der Waals surface area contributed by atoms with Crippen molar-refractivity contribution in [3.63, 3.8) is 0 Å². The van der Waals surface area contributed by atoms with Crippen LogP contribution in [0.2, 0.25) is 15.1 Å². The molecule has 1 saturated heterocycles. The first-order valence-electron chi connectivity index (χ1n) is 16.6. The van der Waals surface area contributed by atoms with Crippen molar-refractivity contribution in [3.8, 4) is 0 Å². The van der Waals surface area contributed by atoms with Crippen molar-refractivity contribution in [1.82, 2.24) is 4.90 Å². The van der Waals surface area contributed by atoms with Gasteiger partial charge in [0, 0.05) is 28.6 Å². The molecule has 4 aromatic rings. The van der Waals surface area contributed by atoms with Gasteiger partial charge in [-0.1, -0.05) is 142 Å². The maximum atomic E-state index is 14.7. The van der Waals surface area contributed by atoms with Crippen LogP contribution in [0.5, 0.6) is 0 Å². The lowest BCUT2D eigenvalue weighted by Crippen LogP contribution is -2.66. The fraction of sp³-hybridized carbons (Fsp3) is 0.341. The number of allylic oxidation sites excluding steroid dienone is 1. The Labute approximate surface area is 292 Å². The Kier molecular flexibility index (Phi) is 10.9. The van der Waals surface area contributed by atoms with Crippen molar-refractivity contribution >= 4 is 47.8 Å². The molecule has 1 heterocycles. The molecule has 5 rings (SSSR count). The second kappa shape index (κ2) is 14.5. The molecule has 0 aliphatic carbocycles. The Morgan fingerprint density at radius 3 is 2.02 bits per heavy atom. The summed E-state index contributed by atoms with van der Waals surface area (Å²) < 4.78 is 7.30. The van der Waals surface area contributed by atoms with E-state index in [2.05, 4.69) is 125 Å². The number of carbonyl (C=O) groups excluding carboxylic acids is 1. The zero-order chi connectivity index (χ0) is 33.8. The molecule has 0 bridgehead atoms. The lowest BCUT2D eigenvalue weighted by atomic mass is 9.67. The third-order valence-corrected chi connectivity index (χ3v) is 15.5. The van der Waals surface area contributed by atoms with Crippen molar-refractivity contribution in [2.24, 2.45) is 5.41 Å². The van der Waals surface area contributed by atoms with E-state index in [1.807, 2.05) is 36.4 Å². The summed E-state index contributed by atoms with van der Waals surface area (Å²) in [7, 11) is -2.73. The molecule has 0 spiro atoms. The van der Waals surface area contributed by atoms with Crippen molar-refractivity contribution < 1.29 is 9.22 Å². The average molecular weight is 685 g/mol. The van der Waals surface area contributed by atoms with Gasteiger partial charge in [0.15, 0.2) is 0 Å². The van der Waals surface area contributed by atoms with Crippen molar-refractivity contribution in [2.45, 2.75) is 76.9 Å². The molecule has 0 saturated carbocycles. The van der Waals surface area contributed by atoms with Crippen molar-refractivity contribution in [3.05, 3.63) is 143 Å². The van der Waals surface area contributed by atoms with E-state index >= 15 is 0 Å². The van der Waals surface area contributed by atoms with Crippen LogP contribution < -0.4 is 10.4 Å². The molecule has 47 heavy (non-hydrogen) atoms. The van der Waals surface area contributed by atoms with Crippen LogP contribution in [-0.4, -0.2) is 31.8 Å². The van der Waals surface area contributed by atoms with Crippen molar-refractivity contribution in [1.29, 1.82) is 0 Å². The quantitative estimate of drug-likeness (QED) is 0.116. The Hall–Kier alpha value is -3.15. The van der Waals surface area contributed by atoms with E-state index in [0.29, 0.717) is 35.9 Å². The van der Waals surface area contributed by atoms with Gasteiger partial charge < -0.3 is 9.33 Å². The van der Waals surface area contributed by atoms with Gasteiger partial charge in [0.05, 0.1) is 11.5 Å². The molecular weight excluding hydrogens is 637 g/mol. The number of rotatable bonds is 11. The normalized spacial score (nSPS) is 21.0. The van der Waals surface area contributed by atoms with E-state index in [9.17, 15) is 4.79 Å². The molecule has 246 valence electrons. The van der Waals surface area contributed by atoms with Gasteiger partial charge in [0.25, 0.3) is 8.32 Å². The number of piperidine rings is 1. The summed E-state index contributed by atoms with van der Waals surface area (Å²) >= 11 is 12.9. The van der Waals surface area contributed by atoms with Gasteiger partial charge in [-0.25, -0.2) is 0 Å². The summed E-state index contributed by atoms with van der Waals surface area (Å²) in [6.45, 7) is 15.7. The predicted octanol–water partition coefficient (Wildman–Crippen LogP) is 9.99. The molecule has 1 amide bonds. The third-order valence-electron chi connectivity index (χ3n) is 9.93. The summed E-state index contributed by atoms with van der Waals surface area (Å²) in [4.78, 5) is 16.9. The van der Waals surface area contributed by atoms with Gasteiger partial charge >= 0.3 is 0 Å². The smallest absolute Gasteiger partial charge is 0.261 e. The zero-order valence-electron chi connectivity index (χ0n) is 28.3. The fourth-order valence-electron chi connectivity index (χ4n) is 7.65. The molecule has 4 atom stereocenters. The van der Waals surface area contributed by atoms with Gasteiger partial charge in [-0.05, 0) is 77.0 Å². The highest BCUT2D eigenvalue weighted by Gasteiger charge is 2.52. The number of likely N-dealkylation sites (tertiary alicyclic amines) is 1. The minimum Gasteiger partial charge on any atom is -0.407 e. The summed E-state index contributed by atoms with van der Waals surface area (Å²) in [6, 6.07) is 37.2. The molecule has 4 aromatic carbocycles. The molecule has 1 aliphatic rings. The number of halogens is 2. The van der Waals surface area contributed by atoms with Gasteiger partial charge in [0.2, 0.25) is 5.91 Å². The number of benzene rings is 4. The molecule has 6 heteroatoms. The monoisotopic (exact) mass is 683 g/mol. The minimum absolute atomic E-state index is 0.0255. The van der Waals surface area contributed by atoms with Crippen LogP contribution in [0.3, 0.4) is 0 Å². The minimum atomic E-state index is -2.73. The second-order valence-corrected chi connectivity index (χ2v) is 19.5. The lowest BCUT2D eigenvalue weighted by molar-refractivity contribution is -0.154. The molecule has 1 aliphatic heterocycles. The van der Waals surface area contributed by atoms with Crippen LogP contribution >= 0.6 is 23.2 Å². The Morgan fingerprint density at radius 2 is 1.49 bits per heavy atom. The molecule has 0 aromatic heterocycles. The first-order chi connectivity index (χ1) is 22.4. The predicted molar refractivity (Wildman–Crippen MR) is 200 cm³/mol. The number of nitrogens with zero attached hydrogens (tertiary/aromatic N) is 1. The van der Waals surface area contributed by atoms with Gasteiger partial charge in [0.1, 0.15) is 0 Å².